The molecule has 28 heavy (non-hydrogen) atoms. The number of nitro benzene ring substituents is 1. The molecule has 0 atom stereocenters. The number of carbonyl (C=O) groups excluding carboxylic acids is 2. The molecule has 9 heteroatoms. The Bertz CT molecular complexity index is 894. The third-order valence-corrected chi connectivity index (χ3v) is 3.55. The summed E-state index contributed by atoms with van der Waals surface area (Å²) in [5.41, 5.74) is 0.236. The van der Waals surface area contributed by atoms with Crippen LogP contribution < -0.4 is 10.1 Å². The van der Waals surface area contributed by atoms with E-state index in [4.69, 9.17) is 4.74 Å². The fourth-order valence-electron chi connectivity index (χ4n) is 2.18. The van der Waals surface area contributed by atoms with Crippen LogP contribution in [0.3, 0.4) is 0 Å². The number of ether oxygens (including phenoxy) is 3. The predicted octanol–water partition coefficient (Wildman–Crippen LogP) is 2.82. The van der Waals surface area contributed by atoms with Gasteiger partial charge in [0.05, 0.1) is 31.3 Å². The number of hydrogen-bond donors (Lipinski definition) is 1. The molecule has 0 spiro atoms. The Hall–Kier alpha value is -3.88. The molecule has 1 N–H and O–H groups in total. The lowest BCUT2D eigenvalue weighted by molar-refractivity contribution is -0.384. The molecular formula is C19H18N2O7. The number of hydrogen-bond acceptors (Lipinski definition) is 8. The van der Waals surface area contributed by atoms with E-state index in [2.05, 4.69) is 14.8 Å². The molecule has 146 valence electrons. The van der Waals surface area contributed by atoms with Crippen LogP contribution in [-0.4, -0.2) is 31.1 Å². The Morgan fingerprint density at radius 1 is 1.11 bits per heavy atom. The molecule has 0 unspecified atom stereocenters. The van der Waals surface area contributed by atoms with Crippen molar-refractivity contribution < 1.29 is 28.7 Å². The summed E-state index contributed by atoms with van der Waals surface area (Å²) in [6.07, 6.45) is 0.843. The molecule has 0 aliphatic heterocycles. The fourth-order valence-corrected chi connectivity index (χ4v) is 2.18. The average Bonchev–Trinajstić information content (AvgIpc) is 2.72. The van der Waals surface area contributed by atoms with Gasteiger partial charge in [-0.25, -0.2) is 9.59 Å². The van der Waals surface area contributed by atoms with E-state index in [1.807, 2.05) is 30.3 Å². The van der Waals surface area contributed by atoms with Gasteiger partial charge in [0.2, 0.25) is 0 Å². The summed E-state index contributed by atoms with van der Waals surface area (Å²) >= 11 is 0. The van der Waals surface area contributed by atoms with Crippen molar-refractivity contribution in [3.8, 4) is 5.75 Å². The van der Waals surface area contributed by atoms with Crippen molar-refractivity contribution in [3.63, 3.8) is 0 Å². The molecular weight excluding hydrogens is 368 g/mol. The number of nitrogens with one attached hydrogen (secondary N) is 1. The van der Waals surface area contributed by atoms with Crippen LogP contribution in [0.25, 0.3) is 0 Å². The number of carbonyl (C=O) groups is 2. The third-order valence-electron chi connectivity index (χ3n) is 3.55. The molecule has 0 saturated carbocycles. The maximum absolute atomic E-state index is 11.8. The van der Waals surface area contributed by atoms with E-state index in [0.29, 0.717) is 0 Å². The van der Waals surface area contributed by atoms with Crippen molar-refractivity contribution in [2.45, 2.75) is 6.61 Å². The van der Waals surface area contributed by atoms with E-state index in [1.165, 1.54) is 18.2 Å². The van der Waals surface area contributed by atoms with E-state index in [0.717, 1.165) is 25.9 Å². The van der Waals surface area contributed by atoms with Crippen LogP contribution >= 0.6 is 0 Å². The summed E-state index contributed by atoms with van der Waals surface area (Å²) in [4.78, 5) is 34.0. The highest BCUT2D eigenvalue weighted by Gasteiger charge is 2.20. The third kappa shape index (κ3) is 5.56. The number of esters is 2. The molecule has 0 bridgehead atoms. The molecule has 0 radical (unpaired) electrons. The van der Waals surface area contributed by atoms with Gasteiger partial charge < -0.3 is 19.5 Å². The molecule has 0 aliphatic rings. The number of methoxy groups -OCH3 is 2. The maximum Gasteiger partial charge on any atom is 0.354 e. The largest absolute Gasteiger partial charge is 0.489 e. The highest BCUT2D eigenvalue weighted by atomic mass is 16.6. The van der Waals surface area contributed by atoms with Gasteiger partial charge in [0.25, 0.3) is 5.69 Å². The quantitative estimate of drug-likeness (QED) is 0.319. The standard InChI is InChI=1S/C19H18N2O7/c1-26-18(22)11-16(19(23)27-2)20-15-9-8-14(10-17(15)21(24)25)28-12-13-6-4-3-5-7-13/h3-11,20H,12H2,1-2H3/b16-11+. The van der Waals surface area contributed by atoms with E-state index in [9.17, 15) is 19.7 Å². The van der Waals surface area contributed by atoms with Crippen molar-refractivity contribution >= 4 is 23.3 Å². The normalized spacial score (nSPS) is 10.7. The molecule has 2 rings (SSSR count). The molecule has 0 saturated heterocycles. The van der Waals surface area contributed by atoms with Gasteiger partial charge in [-0.1, -0.05) is 30.3 Å². The Kier molecular flexibility index (Phi) is 7.09. The molecule has 2 aromatic carbocycles. The minimum absolute atomic E-state index is 0.0161. The first kappa shape index (κ1) is 20.4. The molecule has 0 amide bonds. The van der Waals surface area contributed by atoms with Gasteiger partial charge in [-0.05, 0) is 17.7 Å². The Morgan fingerprint density at radius 3 is 2.43 bits per heavy atom. The first-order valence-electron chi connectivity index (χ1n) is 8.04. The maximum atomic E-state index is 11.8. The second-order valence-electron chi connectivity index (χ2n) is 5.41. The number of anilines is 1. The van der Waals surface area contributed by atoms with Crippen LogP contribution in [-0.2, 0) is 25.7 Å². The zero-order chi connectivity index (χ0) is 20.5. The molecule has 0 aromatic heterocycles. The van der Waals surface area contributed by atoms with Gasteiger partial charge in [-0.15, -0.1) is 0 Å². The second-order valence-corrected chi connectivity index (χ2v) is 5.41. The minimum Gasteiger partial charge on any atom is -0.489 e. The van der Waals surface area contributed by atoms with Crippen LogP contribution in [0.4, 0.5) is 11.4 Å². The van der Waals surface area contributed by atoms with Crippen molar-refractivity contribution in [2.24, 2.45) is 0 Å². The highest BCUT2D eigenvalue weighted by molar-refractivity contribution is 5.99. The number of benzene rings is 2. The second kappa shape index (κ2) is 9.72. The summed E-state index contributed by atoms with van der Waals surface area (Å²) in [5, 5.41) is 14.0. The summed E-state index contributed by atoms with van der Waals surface area (Å²) in [6, 6.07) is 13.4. The van der Waals surface area contributed by atoms with Gasteiger partial charge in [0.15, 0.2) is 0 Å². The van der Waals surface area contributed by atoms with Crippen molar-refractivity contribution in [2.75, 3.05) is 19.5 Å². The van der Waals surface area contributed by atoms with Gasteiger partial charge in [-0.3, -0.25) is 10.1 Å². The summed E-state index contributed by atoms with van der Waals surface area (Å²) < 4.78 is 14.6. The first-order valence-corrected chi connectivity index (χ1v) is 8.04. The van der Waals surface area contributed by atoms with E-state index >= 15 is 0 Å². The molecule has 0 aliphatic carbocycles. The van der Waals surface area contributed by atoms with Crippen LogP contribution in [0.1, 0.15) is 5.56 Å². The number of nitrogens with zero attached hydrogens (tertiary/aromatic N) is 1. The smallest absolute Gasteiger partial charge is 0.354 e. The highest BCUT2D eigenvalue weighted by Crippen LogP contribution is 2.30. The summed E-state index contributed by atoms with van der Waals surface area (Å²) in [6.45, 7) is 0.237. The molecule has 0 heterocycles. The SMILES string of the molecule is COC(=O)/C=C(/Nc1ccc(OCc2ccccc2)cc1[N+](=O)[O-])C(=O)OC. The van der Waals surface area contributed by atoms with Gasteiger partial charge in [0.1, 0.15) is 23.7 Å². The topological polar surface area (TPSA) is 117 Å². The Balaban J connectivity index is 2.26. The van der Waals surface area contributed by atoms with E-state index in [-0.39, 0.29) is 29.4 Å². The Labute approximate surface area is 160 Å². The Morgan fingerprint density at radius 2 is 1.82 bits per heavy atom. The summed E-state index contributed by atoms with van der Waals surface area (Å²) in [5.74, 6) is -1.43. The first-order chi connectivity index (χ1) is 13.4. The zero-order valence-corrected chi connectivity index (χ0v) is 15.2. The average molecular weight is 386 g/mol. The van der Waals surface area contributed by atoms with E-state index in [1.54, 1.807) is 0 Å². The lowest BCUT2D eigenvalue weighted by Gasteiger charge is -2.11. The van der Waals surface area contributed by atoms with Gasteiger partial charge in [-0.2, -0.15) is 0 Å². The number of rotatable bonds is 8. The van der Waals surface area contributed by atoms with E-state index < -0.39 is 16.9 Å². The molecule has 9 nitrogen and oxygen atoms in total. The monoisotopic (exact) mass is 386 g/mol. The van der Waals surface area contributed by atoms with Crippen LogP contribution in [0.5, 0.6) is 5.75 Å². The number of nitro groups is 1. The molecule has 2 aromatic rings. The van der Waals surface area contributed by atoms with Gasteiger partial charge in [0, 0.05) is 0 Å². The fraction of sp³-hybridized carbons (Fsp3) is 0.158. The van der Waals surface area contributed by atoms with Gasteiger partial charge >= 0.3 is 11.9 Å². The molecule has 0 fully saturated rings. The van der Waals surface area contributed by atoms with Crippen molar-refractivity contribution in [1.29, 1.82) is 0 Å². The van der Waals surface area contributed by atoms with Crippen LogP contribution in [0.2, 0.25) is 0 Å². The predicted molar refractivity (Wildman–Crippen MR) is 99.6 cm³/mol. The lowest BCUT2D eigenvalue weighted by Crippen LogP contribution is -2.16. The van der Waals surface area contributed by atoms with Crippen molar-refractivity contribution in [1.82, 2.24) is 0 Å². The zero-order valence-electron chi connectivity index (χ0n) is 15.2. The summed E-state index contributed by atoms with van der Waals surface area (Å²) in [7, 11) is 2.25. The lowest BCUT2D eigenvalue weighted by atomic mass is 10.2. The minimum atomic E-state index is -0.885. The van der Waals surface area contributed by atoms with Crippen LogP contribution in [0, 0.1) is 10.1 Å². The van der Waals surface area contributed by atoms with Crippen molar-refractivity contribution in [3.05, 3.63) is 76.0 Å². The van der Waals surface area contributed by atoms with Crippen LogP contribution in [0.15, 0.2) is 60.3 Å².